The molecular weight excluding hydrogens is 242 g/mol. The number of ether oxygens (including phenoxy) is 1. The van der Waals surface area contributed by atoms with Gasteiger partial charge in [-0.25, -0.2) is 4.68 Å². The van der Waals surface area contributed by atoms with Crippen LogP contribution >= 0.6 is 0 Å². The lowest BCUT2D eigenvalue weighted by Gasteiger charge is -2.09. The minimum absolute atomic E-state index is 0.656. The minimum Gasteiger partial charge on any atom is -0.494 e. The molecule has 1 aromatic carbocycles. The fourth-order valence-corrected chi connectivity index (χ4v) is 1.93. The highest BCUT2D eigenvalue weighted by molar-refractivity contribution is 5.36. The normalized spacial score (nSPS) is 10.7. The van der Waals surface area contributed by atoms with Gasteiger partial charge in [-0.3, -0.25) is 0 Å². The largest absolute Gasteiger partial charge is 0.494 e. The first kappa shape index (κ1) is 13.5. The Morgan fingerprint density at radius 2 is 2.21 bits per heavy atom. The Morgan fingerprint density at radius 1 is 1.37 bits per heavy atom. The van der Waals surface area contributed by atoms with Crippen LogP contribution in [0, 0.1) is 6.92 Å². The molecule has 0 saturated heterocycles. The second-order valence-corrected chi connectivity index (χ2v) is 4.32. The molecule has 1 N–H and O–H groups in total. The van der Waals surface area contributed by atoms with Crippen molar-refractivity contribution >= 4 is 0 Å². The van der Waals surface area contributed by atoms with Crippen molar-refractivity contribution in [1.82, 2.24) is 25.5 Å². The molecule has 0 saturated carbocycles. The van der Waals surface area contributed by atoms with E-state index in [1.54, 1.807) is 4.68 Å². The Labute approximate surface area is 112 Å². The zero-order valence-corrected chi connectivity index (χ0v) is 11.6. The second kappa shape index (κ2) is 6.29. The van der Waals surface area contributed by atoms with E-state index in [0.29, 0.717) is 19.7 Å². The number of tetrazole rings is 1. The van der Waals surface area contributed by atoms with Crippen LogP contribution < -0.4 is 10.1 Å². The molecule has 0 aliphatic heterocycles. The smallest absolute Gasteiger partial charge is 0.165 e. The van der Waals surface area contributed by atoms with Gasteiger partial charge in [0.1, 0.15) is 5.75 Å². The van der Waals surface area contributed by atoms with Crippen LogP contribution in [-0.4, -0.2) is 33.9 Å². The molecule has 1 heterocycles. The van der Waals surface area contributed by atoms with Crippen LogP contribution in [0.2, 0.25) is 0 Å². The van der Waals surface area contributed by atoms with Gasteiger partial charge >= 0.3 is 0 Å². The highest BCUT2D eigenvalue weighted by Gasteiger charge is 2.07. The van der Waals surface area contributed by atoms with Crippen LogP contribution in [0.3, 0.4) is 0 Å². The molecular formula is C13H19N5O. The van der Waals surface area contributed by atoms with Crippen LogP contribution in [0.4, 0.5) is 0 Å². The van der Waals surface area contributed by atoms with Crippen molar-refractivity contribution in [1.29, 1.82) is 0 Å². The van der Waals surface area contributed by atoms with E-state index in [2.05, 4.69) is 26.9 Å². The van der Waals surface area contributed by atoms with Gasteiger partial charge in [-0.1, -0.05) is 12.1 Å². The van der Waals surface area contributed by atoms with E-state index in [1.807, 2.05) is 33.0 Å². The van der Waals surface area contributed by atoms with Gasteiger partial charge in [0.15, 0.2) is 5.82 Å². The van der Waals surface area contributed by atoms with Crippen molar-refractivity contribution in [2.24, 2.45) is 0 Å². The van der Waals surface area contributed by atoms with Gasteiger partial charge in [-0.05, 0) is 48.5 Å². The van der Waals surface area contributed by atoms with Crippen LogP contribution in [-0.2, 0) is 13.1 Å². The summed E-state index contributed by atoms with van der Waals surface area (Å²) < 4.78 is 7.33. The van der Waals surface area contributed by atoms with E-state index < -0.39 is 0 Å². The van der Waals surface area contributed by atoms with Crippen molar-refractivity contribution < 1.29 is 4.74 Å². The molecule has 0 amide bonds. The monoisotopic (exact) mass is 261 g/mol. The Morgan fingerprint density at radius 3 is 2.89 bits per heavy atom. The average molecular weight is 261 g/mol. The zero-order valence-electron chi connectivity index (χ0n) is 11.6. The molecule has 102 valence electrons. The maximum Gasteiger partial charge on any atom is 0.165 e. The third-order valence-electron chi connectivity index (χ3n) is 2.81. The predicted molar refractivity (Wildman–Crippen MR) is 72.0 cm³/mol. The third kappa shape index (κ3) is 3.29. The summed E-state index contributed by atoms with van der Waals surface area (Å²) in [6.07, 6.45) is 0. The Balaban J connectivity index is 2.14. The van der Waals surface area contributed by atoms with Crippen LogP contribution in [0.15, 0.2) is 18.2 Å². The lowest BCUT2D eigenvalue weighted by molar-refractivity contribution is 0.337. The fourth-order valence-electron chi connectivity index (χ4n) is 1.93. The first-order valence-electron chi connectivity index (χ1n) is 6.36. The summed E-state index contributed by atoms with van der Waals surface area (Å²) in [7, 11) is 1.88. The van der Waals surface area contributed by atoms with Crippen molar-refractivity contribution in [2.45, 2.75) is 26.9 Å². The molecule has 0 unspecified atom stereocenters. The molecule has 19 heavy (non-hydrogen) atoms. The van der Waals surface area contributed by atoms with E-state index in [-0.39, 0.29) is 0 Å². The van der Waals surface area contributed by atoms with Crippen molar-refractivity contribution in [2.75, 3.05) is 13.7 Å². The summed E-state index contributed by atoms with van der Waals surface area (Å²) >= 11 is 0. The standard InChI is InChI=1S/C13H19N5O/c1-4-19-12-6-5-11(7-10(12)2)9-18-13(8-14-3)15-16-17-18/h5-7,14H,4,8-9H2,1-3H3. The number of hydrogen-bond acceptors (Lipinski definition) is 5. The first-order valence-corrected chi connectivity index (χ1v) is 6.36. The zero-order chi connectivity index (χ0) is 13.7. The molecule has 0 fully saturated rings. The highest BCUT2D eigenvalue weighted by Crippen LogP contribution is 2.19. The molecule has 6 heteroatoms. The summed E-state index contributed by atoms with van der Waals surface area (Å²) in [6.45, 7) is 6.03. The lowest BCUT2D eigenvalue weighted by Crippen LogP contribution is -2.14. The van der Waals surface area contributed by atoms with Gasteiger partial charge in [0.05, 0.1) is 19.7 Å². The molecule has 1 aromatic heterocycles. The Bertz CT molecular complexity index is 538. The number of aryl methyl sites for hydroxylation is 1. The number of nitrogens with zero attached hydrogens (tertiary/aromatic N) is 4. The third-order valence-corrected chi connectivity index (χ3v) is 2.81. The van der Waals surface area contributed by atoms with E-state index in [4.69, 9.17) is 4.74 Å². The van der Waals surface area contributed by atoms with Gasteiger partial charge in [-0.15, -0.1) is 5.10 Å². The van der Waals surface area contributed by atoms with Crippen LogP contribution in [0.5, 0.6) is 5.75 Å². The van der Waals surface area contributed by atoms with E-state index in [9.17, 15) is 0 Å². The fraction of sp³-hybridized carbons (Fsp3) is 0.462. The van der Waals surface area contributed by atoms with Gasteiger partial charge < -0.3 is 10.1 Å². The molecule has 0 spiro atoms. The average Bonchev–Trinajstić information content (AvgIpc) is 2.81. The Hall–Kier alpha value is -1.95. The summed E-state index contributed by atoms with van der Waals surface area (Å²) in [5.74, 6) is 1.76. The predicted octanol–water partition coefficient (Wildman–Crippen LogP) is 1.15. The molecule has 0 aliphatic rings. The van der Waals surface area contributed by atoms with E-state index in [0.717, 1.165) is 22.7 Å². The number of nitrogens with one attached hydrogen (secondary N) is 1. The summed E-state index contributed by atoms with van der Waals surface area (Å²) in [5, 5.41) is 14.7. The molecule has 2 aromatic rings. The first-order chi connectivity index (χ1) is 9.24. The Kier molecular flexibility index (Phi) is 4.46. The molecule has 6 nitrogen and oxygen atoms in total. The molecule has 0 atom stereocenters. The van der Waals surface area contributed by atoms with E-state index in [1.165, 1.54) is 0 Å². The lowest BCUT2D eigenvalue weighted by atomic mass is 10.1. The topological polar surface area (TPSA) is 64.9 Å². The van der Waals surface area contributed by atoms with Crippen LogP contribution in [0.1, 0.15) is 23.9 Å². The highest BCUT2D eigenvalue weighted by atomic mass is 16.5. The number of rotatable bonds is 6. The maximum atomic E-state index is 5.53. The quantitative estimate of drug-likeness (QED) is 0.845. The number of aromatic nitrogens is 4. The van der Waals surface area contributed by atoms with Crippen molar-refractivity contribution in [3.05, 3.63) is 35.2 Å². The summed E-state index contributed by atoms with van der Waals surface area (Å²) in [4.78, 5) is 0. The maximum absolute atomic E-state index is 5.53. The van der Waals surface area contributed by atoms with Crippen molar-refractivity contribution in [3.8, 4) is 5.75 Å². The molecule has 0 aliphatic carbocycles. The van der Waals surface area contributed by atoms with Gasteiger partial charge in [-0.2, -0.15) is 0 Å². The number of benzene rings is 1. The SMILES string of the molecule is CCOc1ccc(Cn2nnnc2CNC)cc1C. The summed E-state index contributed by atoms with van der Waals surface area (Å²) in [5.41, 5.74) is 2.29. The van der Waals surface area contributed by atoms with Gasteiger partial charge in [0.25, 0.3) is 0 Å². The molecule has 2 rings (SSSR count). The van der Waals surface area contributed by atoms with Crippen LogP contribution in [0.25, 0.3) is 0 Å². The molecule has 0 radical (unpaired) electrons. The second-order valence-electron chi connectivity index (χ2n) is 4.32. The van der Waals surface area contributed by atoms with Gasteiger partial charge in [0.2, 0.25) is 0 Å². The van der Waals surface area contributed by atoms with E-state index >= 15 is 0 Å². The number of hydrogen-bond donors (Lipinski definition) is 1. The minimum atomic E-state index is 0.656. The van der Waals surface area contributed by atoms with Crippen molar-refractivity contribution in [3.63, 3.8) is 0 Å². The molecule has 0 bridgehead atoms. The summed E-state index contributed by atoms with van der Waals surface area (Å²) in [6, 6.07) is 6.15. The van der Waals surface area contributed by atoms with Gasteiger partial charge in [0, 0.05) is 0 Å².